The molecule has 0 fully saturated rings. The summed E-state index contributed by atoms with van der Waals surface area (Å²) in [6.45, 7) is 2.52. The molecule has 0 aliphatic rings. The highest BCUT2D eigenvalue weighted by Crippen LogP contribution is 2.22. The number of carbonyl (C=O) groups excluding carboxylic acids is 2. The number of carbonyl (C=O) groups is 2. The molecule has 0 radical (unpaired) electrons. The minimum absolute atomic E-state index is 0.0652. The van der Waals surface area contributed by atoms with E-state index in [0.717, 1.165) is 35.2 Å². The van der Waals surface area contributed by atoms with E-state index in [-0.39, 0.29) is 16.9 Å². The number of rotatable bonds is 10. The van der Waals surface area contributed by atoms with Gasteiger partial charge in [-0.2, -0.15) is 5.10 Å². The SMILES string of the molecule is Cc1ccc2c(c1)c(=O)c(C(=O)Nc1cc(-c3ccccc3)nn1C)cn2CCCCCC(=O)Nc1ccccc1N. The number of hydrogen-bond acceptors (Lipinski definition) is 5. The number of amides is 2. The Kier molecular flexibility index (Phi) is 8.47. The van der Waals surface area contributed by atoms with E-state index < -0.39 is 5.91 Å². The summed E-state index contributed by atoms with van der Waals surface area (Å²) < 4.78 is 3.54. The van der Waals surface area contributed by atoms with Crippen LogP contribution in [0.15, 0.2) is 89.9 Å². The summed E-state index contributed by atoms with van der Waals surface area (Å²) >= 11 is 0. The van der Waals surface area contributed by atoms with Crippen molar-refractivity contribution in [3.05, 3.63) is 106 Å². The molecule has 9 nitrogen and oxygen atoms in total. The topological polar surface area (TPSA) is 124 Å². The van der Waals surface area contributed by atoms with Crippen molar-refractivity contribution >= 4 is 39.9 Å². The van der Waals surface area contributed by atoms with Gasteiger partial charge in [-0.3, -0.25) is 19.1 Å². The summed E-state index contributed by atoms with van der Waals surface area (Å²) in [6, 6.07) is 24.3. The van der Waals surface area contributed by atoms with Crippen LogP contribution in [0, 0.1) is 6.92 Å². The number of unbranched alkanes of at least 4 members (excludes halogenated alkanes) is 2. The van der Waals surface area contributed by atoms with Gasteiger partial charge in [-0.05, 0) is 44.0 Å². The van der Waals surface area contributed by atoms with Crippen LogP contribution in [0.4, 0.5) is 17.2 Å². The molecule has 0 unspecified atom stereocenters. The highest BCUT2D eigenvalue weighted by molar-refractivity contribution is 6.05. The molecule has 0 spiro atoms. The minimum Gasteiger partial charge on any atom is -0.397 e. The molecule has 214 valence electrons. The quantitative estimate of drug-likeness (QED) is 0.148. The minimum atomic E-state index is -0.489. The molecule has 9 heteroatoms. The van der Waals surface area contributed by atoms with E-state index in [1.807, 2.05) is 72.2 Å². The predicted octanol–water partition coefficient (Wildman–Crippen LogP) is 5.74. The van der Waals surface area contributed by atoms with Gasteiger partial charge in [0.25, 0.3) is 5.91 Å². The van der Waals surface area contributed by atoms with Crippen LogP contribution in [-0.2, 0) is 18.4 Å². The Morgan fingerprint density at radius 3 is 2.45 bits per heavy atom. The third-order valence-corrected chi connectivity index (χ3v) is 7.21. The van der Waals surface area contributed by atoms with Gasteiger partial charge in [0.1, 0.15) is 11.4 Å². The largest absolute Gasteiger partial charge is 0.397 e. The van der Waals surface area contributed by atoms with E-state index >= 15 is 0 Å². The third kappa shape index (κ3) is 6.41. The summed E-state index contributed by atoms with van der Waals surface area (Å²) in [4.78, 5) is 39.2. The van der Waals surface area contributed by atoms with Crippen molar-refractivity contribution in [1.82, 2.24) is 14.3 Å². The smallest absolute Gasteiger partial charge is 0.262 e. The Labute approximate surface area is 244 Å². The highest BCUT2D eigenvalue weighted by atomic mass is 16.2. The van der Waals surface area contributed by atoms with Crippen molar-refractivity contribution < 1.29 is 9.59 Å². The monoisotopic (exact) mass is 562 g/mol. The molecular formula is C33H34N6O3. The second kappa shape index (κ2) is 12.6. The fourth-order valence-electron chi connectivity index (χ4n) is 4.94. The van der Waals surface area contributed by atoms with Gasteiger partial charge in [-0.15, -0.1) is 0 Å². The van der Waals surface area contributed by atoms with Crippen LogP contribution >= 0.6 is 0 Å². The predicted molar refractivity (Wildman–Crippen MR) is 167 cm³/mol. The molecule has 5 aromatic rings. The first-order valence-electron chi connectivity index (χ1n) is 14.0. The van der Waals surface area contributed by atoms with Crippen LogP contribution < -0.4 is 21.8 Å². The molecule has 0 bridgehead atoms. The average Bonchev–Trinajstić information content (AvgIpc) is 3.35. The lowest BCUT2D eigenvalue weighted by atomic mass is 10.1. The van der Waals surface area contributed by atoms with Crippen LogP contribution in [0.2, 0.25) is 0 Å². The van der Waals surface area contributed by atoms with Crippen molar-refractivity contribution in [2.24, 2.45) is 7.05 Å². The van der Waals surface area contributed by atoms with E-state index in [0.29, 0.717) is 42.0 Å². The lowest BCUT2D eigenvalue weighted by Crippen LogP contribution is -2.25. The number of pyridine rings is 1. The maximum absolute atomic E-state index is 13.5. The number of para-hydroxylation sites is 2. The number of nitrogen functional groups attached to an aromatic ring is 1. The van der Waals surface area contributed by atoms with Crippen LogP contribution in [0.5, 0.6) is 0 Å². The molecule has 5 rings (SSSR count). The number of nitrogens with two attached hydrogens (primary N) is 1. The van der Waals surface area contributed by atoms with Gasteiger partial charge in [0.05, 0.1) is 22.6 Å². The van der Waals surface area contributed by atoms with Gasteiger partial charge in [-0.25, -0.2) is 0 Å². The second-order valence-electron chi connectivity index (χ2n) is 10.4. The number of nitrogens with zero attached hydrogens (tertiary/aromatic N) is 3. The lowest BCUT2D eigenvalue weighted by molar-refractivity contribution is -0.116. The molecule has 0 aliphatic carbocycles. The molecule has 0 aliphatic heterocycles. The number of anilines is 3. The van der Waals surface area contributed by atoms with Crippen LogP contribution in [0.3, 0.4) is 0 Å². The maximum atomic E-state index is 13.5. The van der Waals surface area contributed by atoms with Crippen molar-refractivity contribution in [1.29, 1.82) is 0 Å². The number of aryl methyl sites for hydroxylation is 3. The van der Waals surface area contributed by atoms with Crippen LogP contribution in [-0.4, -0.2) is 26.2 Å². The number of benzene rings is 3. The molecule has 3 aromatic carbocycles. The number of fused-ring (bicyclic) bond motifs is 1. The third-order valence-electron chi connectivity index (χ3n) is 7.21. The Morgan fingerprint density at radius 1 is 0.905 bits per heavy atom. The van der Waals surface area contributed by atoms with Gasteiger partial charge >= 0.3 is 0 Å². The van der Waals surface area contributed by atoms with Gasteiger partial charge in [0, 0.05) is 43.2 Å². The van der Waals surface area contributed by atoms with Crippen molar-refractivity contribution in [3.63, 3.8) is 0 Å². The number of nitrogens with one attached hydrogen (secondary N) is 2. The van der Waals surface area contributed by atoms with Crippen LogP contribution in [0.1, 0.15) is 41.6 Å². The van der Waals surface area contributed by atoms with Crippen LogP contribution in [0.25, 0.3) is 22.2 Å². The summed E-state index contributed by atoms with van der Waals surface area (Å²) in [7, 11) is 1.75. The Hall–Kier alpha value is -5.18. The first-order valence-corrected chi connectivity index (χ1v) is 14.0. The summed E-state index contributed by atoms with van der Waals surface area (Å²) in [5.74, 6) is -0.0805. The number of hydrogen-bond donors (Lipinski definition) is 3. The summed E-state index contributed by atoms with van der Waals surface area (Å²) in [5, 5.41) is 10.7. The van der Waals surface area contributed by atoms with E-state index in [4.69, 9.17) is 5.73 Å². The number of aromatic nitrogens is 3. The molecule has 42 heavy (non-hydrogen) atoms. The summed E-state index contributed by atoms with van der Waals surface area (Å²) in [6.07, 6.45) is 4.29. The van der Waals surface area contributed by atoms with Crippen molar-refractivity contribution in [2.75, 3.05) is 16.4 Å². The lowest BCUT2D eigenvalue weighted by Gasteiger charge is -2.14. The Morgan fingerprint density at radius 2 is 1.67 bits per heavy atom. The average molecular weight is 563 g/mol. The second-order valence-corrected chi connectivity index (χ2v) is 10.4. The maximum Gasteiger partial charge on any atom is 0.262 e. The fourth-order valence-corrected chi connectivity index (χ4v) is 4.94. The Balaban J connectivity index is 1.28. The standard InChI is InChI=1S/C33H34N6O3/c1-22-16-17-29-24(19-22)32(41)25(33(42)36-30-20-28(37-38(30)2)23-11-5-3-6-12-23)21-39(29)18-10-4-7-15-31(40)35-27-14-9-8-13-26(27)34/h3,5-6,8-9,11-14,16-17,19-21H,4,7,10,15,18,34H2,1-2H3,(H,35,40)(H,36,42). The molecule has 4 N–H and O–H groups in total. The fraction of sp³-hybridized carbons (Fsp3) is 0.212. The Bertz CT molecular complexity index is 1810. The zero-order valence-electron chi connectivity index (χ0n) is 23.8. The molecule has 2 amide bonds. The van der Waals surface area contributed by atoms with E-state index in [9.17, 15) is 14.4 Å². The molecule has 2 heterocycles. The van der Waals surface area contributed by atoms with E-state index in [1.54, 1.807) is 36.1 Å². The molecule has 0 atom stereocenters. The normalized spacial score (nSPS) is 11.0. The zero-order chi connectivity index (χ0) is 29.6. The van der Waals surface area contributed by atoms with Gasteiger partial charge in [0.15, 0.2) is 0 Å². The highest BCUT2D eigenvalue weighted by Gasteiger charge is 2.18. The van der Waals surface area contributed by atoms with E-state index in [2.05, 4.69) is 15.7 Å². The van der Waals surface area contributed by atoms with Gasteiger partial charge in [0.2, 0.25) is 11.3 Å². The van der Waals surface area contributed by atoms with Gasteiger partial charge < -0.3 is 20.9 Å². The molecule has 0 saturated heterocycles. The molecule has 2 aromatic heterocycles. The van der Waals surface area contributed by atoms with Crippen molar-refractivity contribution in [3.8, 4) is 11.3 Å². The molecular weight excluding hydrogens is 528 g/mol. The van der Waals surface area contributed by atoms with E-state index in [1.165, 1.54) is 0 Å². The first kappa shape index (κ1) is 28.4. The summed E-state index contributed by atoms with van der Waals surface area (Å²) in [5.41, 5.74) is 10.2. The zero-order valence-corrected chi connectivity index (χ0v) is 23.8. The van der Waals surface area contributed by atoms with Gasteiger partial charge in [-0.1, -0.05) is 60.5 Å². The van der Waals surface area contributed by atoms with Crippen molar-refractivity contribution in [2.45, 2.75) is 39.2 Å². The molecule has 0 saturated carbocycles. The first-order chi connectivity index (χ1) is 20.3.